The number of ether oxygens (including phenoxy) is 2. The molecule has 0 aromatic heterocycles. The van der Waals surface area contributed by atoms with Gasteiger partial charge in [-0.05, 0) is 37.2 Å². The van der Waals surface area contributed by atoms with Crippen LogP contribution >= 0.6 is 11.8 Å². The van der Waals surface area contributed by atoms with Crippen LogP contribution in [0.15, 0.2) is 30.3 Å². The Morgan fingerprint density at radius 3 is 2.77 bits per heavy atom. The minimum atomic E-state index is 0.165. The second-order valence-electron chi connectivity index (χ2n) is 5.95. The Labute approximate surface area is 139 Å². The number of hydrogen-bond acceptors (Lipinski definition) is 3. The number of hydrogen-bond donors (Lipinski definition) is 0. The summed E-state index contributed by atoms with van der Waals surface area (Å²) in [6, 6.07) is 8.68. The number of benzene rings is 1. The summed E-state index contributed by atoms with van der Waals surface area (Å²) in [4.78, 5) is 0. The third-order valence-electron chi connectivity index (χ3n) is 4.15. The predicted molar refractivity (Wildman–Crippen MR) is 96.2 cm³/mol. The molecular weight excluding hydrogens is 292 g/mol. The van der Waals surface area contributed by atoms with E-state index >= 15 is 0 Å². The van der Waals surface area contributed by atoms with Gasteiger partial charge in [-0.25, -0.2) is 0 Å². The first kappa shape index (κ1) is 17.4. The monoisotopic (exact) mass is 320 g/mol. The lowest BCUT2D eigenvalue weighted by Gasteiger charge is -2.34. The molecule has 0 radical (unpaired) electrons. The smallest absolute Gasteiger partial charge is 0.123 e. The molecule has 2 nitrogen and oxygen atoms in total. The predicted octanol–water partition coefficient (Wildman–Crippen LogP) is 5.23. The molecule has 122 valence electrons. The summed E-state index contributed by atoms with van der Waals surface area (Å²) >= 11 is 2.09. The fraction of sp³-hybridized carbons (Fsp3) is 0.579. The summed E-state index contributed by atoms with van der Waals surface area (Å²) in [7, 11) is 1.70. The van der Waals surface area contributed by atoms with Gasteiger partial charge in [0.05, 0.1) is 6.61 Å². The molecule has 22 heavy (non-hydrogen) atoms. The molecule has 0 N–H and O–H groups in total. The van der Waals surface area contributed by atoms with Gasteiger partial charge in [0.25, 0.3) is 0 Å². The summed E-state index contributed by atoms with van der Waals surface area (Å²) in [5.74, 6) is 2.24. The summed E-state index contributed by atoms with van der Waals surface area (Å²) in [5.41, 5.74) is 2.65. The maximum Gasteiger partial charge on any atom is 0.123 e. The lowest BCUT2D eigenvalue weighted by Crippen LogP contribution is -2.23. The second kappa shape index (κ2) is 8.64. The quantitative estimate of drug-likeness (QED) is 0.580. The molecular formula is C19H28O2S. The van der Waals surface area contributed by atoms with Crippen molar-refractivity contribution in [1.82, 2.24) is 0 Å². The normalized spacial score (nSPS) is 20.4. The highest BCUT2D eigenvalue weighted by Gasteiger charge is 2.33. The molecule has 2 rings (SSSR count). The molecule has 0 heterocycles. The van der Waals surface area contributed by atoms with Crippen molar-refractivity contribution in [3.8, 4) is 0 Å². The Bertz CT molecular complexity index is 498. The minimum Gasteiger partial charge on any atom is -0.491 e. The molecule has 1 unspecified atom stereocenters. The van der Waals surface area contributed by atoms with Gasteiger partial charge in [-0.1, -0.05) is 44.0 Å². The highest BCUT2D eigenvalue weighted by Crippen LogP contribution is 2.47. The maximum atomic E-state index is 5.91. The van der Waals surface area contributed by atoms with E-state index in [-0.39, 0.29) is 4.75 Å². The van der Waals surface area contributed by atoms with Crippen LogP contribution < -0.4 is 0 Å². The molecule has 0 aliphatic heterocycles. The first-order valence-corrected chi connectivity index (χ1v) is 9.25. The molecule has 0 bridgehead atoms. The van der Waals surface area contributed by atoms with E-state index in [1.54, 1.807) is 7.11 Å². The van der Waals surface area contributed by atoms with E-state index in [1.807, 2.05) is 0 Å². The van der Waals surface area contributed by atoms with Crippen molar-refractivity contribution in [2.45, 2.75) is 44.3 Å². The van der Waals surface area contributed by atoms with Gasteiger partial charge in [0.1, 0.15) is 12.4 Å². The van der Waals surface area contributed by atoms with Gasteiger partial charge in [-0.2, -0.15) is 11.8 Å². The Morgan fingerprint density at radius 2 is 2.00 bits per heavy atom. The number of thioether (sulfide) groups is 1. The number of methoxy groups -OCH3 is 1. The first-order chi connectivity index (χ1) is 10.7. The van der Waals surface area contributed by atoms with E-state index in [4.69, 9.17) is 9.47 Å². The van der Waals surface area contributed by atoms with E-state index in [2.05, 4.69) is 56.0 Å². The Morgan fingerprint density at radius 1 is 1.18 bits per heavy atom. The van der Waals surface area contributed by atoms with E-state index in [0.29, 0.717) is 13.2 Å². The zero-order valence-electron chi connectivity index (χ0n) is 14.1. The van der Waals surface area contributed by atoms with Crippen LogP contribution in [-0.4, -0.2) is 26.1 Å². The largest absolute Gasteiger partial charge is 0.491 e. The Kier molecular flexibility index (Phi) is 6.84. The van der Waals surface area contributed by atoms with Crippen LogP contribution in [0, 0.1) is 0 Å². The Balaban J connectivity index is 2.10. The third-order valence-corrected chi connectivity index (χ3v) is 5.67. The van der Waals surface area contributed by atoms with Gasteiger partial charge in [-0.3, -0.25) is 0 Å². The molecule has 0 fully saturated rings. The number of fused-ring (bicyclic) bond motifs is 1. The van der Waals surface area contributed by atoms with Crippen molar-refractivity contribution in [3.63, 3.8) is 0 Å². The SMILES string of the molecule is CCCCCSC1(C)CC=C(OCCOC)c2ccccc21. The summed E-state index contributed by atoms with van der Waals surface area (Å²) in [6.07, 6.45) is 7.20. The van der Waals surface area contributed by atoms with E-state index < -0.39 is 0 Å². The average Bonchev–Trinajstić information content (AvgIpc) is 2.55. The van der Waals surface area contributed by atoms with Crippen LogP contribution in [0.25, 0.3) is 5.76 Å². The molecule has 1 aliphatic rings. The van der Waals surface area contributed by atoms with Crippen LogP contribution in [0.3, 0.4) is 0 Å². The Hall–Kier alpha value is -0.930. The zero-order valence-corrected chi connectivity index (χ0v) is 14.9. The topological polar surface area (TPSA) is 18.5 Å². The van der Waals surface area contributed by atoms with Crippen molar-refractivity contribution in [2.24, 2.45) is 0 Å². The van der Waals surface area contributed by atoms with Crippen molar-refractivity contribution in [2.75, 3.05) is 26.1 Å². The molecule has 0 spiro atoms. The van der Waals surface area contributed by atoms with Gasteiger partial charge in [0.2, 0.25) is 0 Å². The first-order valence-electron chi connectivity index (χ1n) is 8.27. The summed E-state index contributed by atoms with van der Waals surface area (Å²) in [5, 5.41) is 0. The van der Waals surface area contributed by atoms with E-state index in [0.717, 1.165) is 12.2 Å². The molecule has 1 aromatic rings. The van der Waals surface area contributed by atoms with Crippen LogP contribution in [0.4, 0.5) is 0 Å². The van der Waals surface area contributed by atoms with Gasteiger partial charge in [0.15, 0.2) is 0 Å². The van der Waals surface area contributed by atoms with Crippen LogP contribution in [-0.2, 0) is 14.2 Å². The van der Waals surface area contributed by atoms with Gasteiger partial charge in [0, 0.05) is 17.4 Å². The van der Waals surface area contributed by atoms with Crippen molar-refractivity contribution < 1.29 is 9.47 Å². The maximum absolute atomic E-state index is 5.91. The molecule has 1 aliphatic carbocycles. The minimum absolute atomic E-state index is 0.165. The van der Waals surface area contributed by atoms with Gasteiger partial charge in [-0.15, -0.1) is 0 Å². The zero-order chi connectivity index (χ0) is 15.8. The molecule has 1 aromatic carbocycles. The van der Waals surface area contributed by atoms with Crippen molar-refractivity contribution in [1.29, 1.82) is 0 Å². The number of rotatable bonds is 9. The molecule has 0 amide bonds. The van der Waals surface area contributed by atoms with E-state index in [1.165, 1.54) is 36.1 Å². The second-order valence-corrected chi connectivity index (χ2v) is 7.54. The lowest BCUT2D eigenvalue weighted by atomic mass is 9.86. The fourth-order valence-electron chi connectivity index (χ4n) is 2.82. The average molecular weight is 320 g/mol. The summed E-state index contributed by atoms with van der Waals surface area (Å²) < 4.78 is 11.2. The van der Waals surface area contributed by atoms with Gasteiger partial charge < -0.3 is 9.47 Å². The highest BCUT2D eigenvalue weighted by atomic mass is 32.2. The van der Waals surface area contributed by atoms with Crippen molar-refractivity contribution >= 4 is 17.5 Å². The van der Waals surface area contributed by atoms with Crippen LogP contribution in [0.5, 0.6) is 0 Å². The fourth-order valence-corrected chi connectivity index (χ4v) is 4.16. The standard InChI is InChI=1S/C19H28O2S/c1-4-5-8-15-22-19(2)12-11-18(21-14-13-20-3)16-9-6-7-10-17(16)19/h6-7,9-11H,4-5,8,12-15H2,1-3H3. The van der Waals surface area contributed by atoms with E-state index in [9.17, 15) is 0 Å². The molecule has 0 saturated carbocycles. The molecule has 0 saturated heterocycles. The number of allylic oxidation sites excluding steroid dienone is 1. The number of unbranched alkanes of at least 4 members (excludes halogenated alkanes) is 2. The van der Waals surface area contributed by atoms with Crippen LogP contribution in [0.1, 0.15) is 50.7 Å². The highest BCUT2D eigenvalue weighted by molar-refractivity contribution is 8.00. The van der Waals surface area contributed by atoms with Crippen molar-refractivity contribution in [3.05, 3.63) is 41.5 Å². The lowest BCUT2D eigenvalue weighted by molar-refractivity contribution is 0.132. The molecule has 3 heteroatoms. The molecule has 1 atom stereocenters. The third kappa shape index (κ3) is 4.30. The van der Waals surface area contributed by atoms with Crippen LogP contribution in [0.2, 0.25) is 0 Å². The summed E-state index contributed by atoms with van der Waals surface area (Å²) in [6.45, 7) is 5.86. The van der Waals surface area contributed by atoms with Gasteiger partial charge >= 0.3 is 0 Å².